The van der Waals surface area contributed by atoms with Gasteiger partial charge in [0.25, 0.3) is 0 Å². The Hall–Kier alpha value is -1.52. The summed E-state index contributed by atoms with van der Waals surface area (Å²) in [5, 5.41) is 2.72. The van der Waals surface area contributed by atoms with Crippen LogP contribution in [0.5, 0.6) is 0 Å². The molecule has 1 aromatic rings. The number of halogens is 3. The van der Waals surface area contributed by atoms with E-state index in [4.69, 9.17) is 0 Å². The Morgan fingerprint density at radius 1 is 1.39 bits per heavy atom. The predicted molar refractivity (Wildman–Crippen MR) is 61.0 cm³/mol. The Balaban J connectivity index is 2.14. The van der Waals surface area contributed by atoms with Gasteiger partial charge in [0.2, 0.25) is 5.91 Å². The first-order valence-corrected chi connectivity index (χ1v) is 5.89. The number of amides is 1. The van der Waals surface area contributed by atoms with E-state index >= 15 is 0 Å². The zero-order valence-corrected chi connectivity index (χ0v) is 9.92. The van der Waals surface area contributed by atoms with Crippen molar-refractivity contribution in [3.05, 3.63) is 35.4 Å². The van der Waals surface area contributed by atoms with E-state index < -0.39 is 11.7 Å². The summed E-state index contributed by atoms with van der Waals surface area (Å²) in [6.45, 7) is 1.72. The minimum atomic E-state index is -4.33. The van der Waals surface area contributed by atoms with Gasteiger partial charge in [-0.25, -0.2) is 0 Å². The summed E-state index contributed by atoms with van der Waals surface area (Å²) >= 11 is 0. The van der Waals surface area contributed by atoms with Gasteiger partial charge >= 0.3 is 6.18 Å². The van der Waals surface area contributed by atoms with Crippen LogP contribution in [0.15, 0.2) is 24.3 Å². The van der Waals surface area contributed by atoms with Gasteiger partial charge in [-0.05, 0) is 18.1 Å². The molecule has 18 heavy (non-hydrogen) atoms. The first kappa shape index (κ1) is 12.9. The summed E-state index contributed by atoms with van der Waals surface area (Å²) in [5.41, 5.74) is -0.311. The number of hydrogen-bond donors (Lipinski definition) is 1. The zero-order chi connectivity index (χ0) is 13.3. The lowest BCUT2D eigenvalue weighted by atomic mass is 10.0. The van der Waals surface area contributed by atoms with Crippen LogP contribution < -0.4 is 5.32 Å². The topological polar surface area (TPSA) is 29.1 Å². The van der Waals surface area contributed by atoms with E-state index in [2.05, 4.69) is 5.32 Å². The quantitative estimate of drug-likeness (QED) is 0.885. The first-order valence-electron chi connectivity index (χ1n) is 5.89. The lowest BCUT2D eigenvalue weighted by molar-refractivity contribution is -0.138. The van der Waals surface area contributed by atoms with Crippen molar-refractivity contribution in [2.24, 2.45) is 0 Å². The van der Waals surface area contributed by atoms with Gasteiger partial charge in [-0.15, -0.1) is 0 Å². The fraction of sp³-hybridized carbons (Fsp3) is 0.462. The van der Waals surface area contributed by atoms with E-state index in [1.807, 2.05) is 0 Å². The number of nitrogens with one attached hydrogen (secondary N) is 1. The highest BCUT2D eigenvalue weighted by Gasteiger charge is 2.44. The molecule has 2 atom stereocenters. The Morgan fingerprint density at radius 2 is 2.06 bits per heavy atom. The lowest BCUT2D eigenvalue weighted by Crippen LogP contribution is -2.25. The van der Waals surface area contributed by atoms with E-state index in [-0.39, 0.29) is 23.4 Å². The minimum Gasteiger partial charge on any atom is -0.353 e. The SMILES string of the molecule is CCC(=O)N[C@@H]1C[C@@H]1c1ccccc1C(F)(F)F. The molecule has 0 saturated heterocycles. The number of rotatable bonds is 3. The molecule has 0 bridgehead atoms. The molecule has 5 heteroatoms. The molecule has 0 aliphatic heterocycles. The second kappa shape index (κ2) is 4.63. The van der Waals surface area contributed by atoms with Crippen LogP contribution in [0.2, 0.25) is 0 Å². The van der Waals surface area contributed by atoms with Gasteiger partial charge in [-0.1, -0.05) is 25.1 Å². The van der Waals surface area contributed by atoms with Crippen molar-refractivity contribution in [2.45, 2.75) is 37.9 Å². The van der Waals surface area contributed by atoms with Gasteiger partial charge in [0, 0.05) is 18.4 Å². The van der Waals surface area contributed by atoms with Crippen molar-refractivity contribution in [3.8, 4) is 0 Å². The average molecular weight is 257 g/mol. The maximum Gasteiger partial charge on any atom is 0.416 e. The van der Waals surface area contributed by atoms with Crippen LogP contribution in [0.4, 0.5) is 13.2 Å². The molecule has 1 aromatic carbocycles. The molecule has 1 amide bonds. The summed E-state index contributed by atoms with van der Waals surface area (Å²) in [5.74, 6) is -0.328. The van der Waals surface area contributed by atoms with Gasteiger partial charge in [-0.3, -0.25) is 4.79 Å². The molecule has 1 N–H and O–H groups in total. The third kappa shape index (κ3) is 2.66. The number of alkyl halides is 3. The third-order valence-corrected chi connectivity index (χ3v) is 3.12. The van der Waals surface area contributed by atoms with Crippen LogP contribution >= 0.6 is 0 Å². The average Bonchev–Trinajstić information content (AvgIpc) is 3.07. The van der Waals surface area contributed by atoms with Crippen LogP contribution in [0.3, 0.4) is 0 Å². The molecule has 2 rings (SSSR count). The van der Waals surface area contributed by atoms with Gasteiger partial charge in [-0.2, -0.15) is 13.2 Å². The summed E-state index contributed by atoms with van der Waals surface area (Å²) in [7, 11) is 0. The highest BCUT2D eigenvalue weighted by molar-refractivity contribution is 5.76. The molecule has 1 saturated carbocycles. The number of carbonyl (C=O) groups excluding carboxylic acids is 1. The second-order valence-corrected chi connectivity index (χ2v) is 4.45. The highest BCUT2D eigenvalue weighted by Crippen LogP contribution is 2.46. The lowest BCUT2D eigenvalue weighted by Gasteiger charge is -2.12. The van der Waals surface area contributed by atoms with Crippen LogP contribution in [0, 0.1) is 0 Å². The monoisotopic (exact) mass is 257 g/mol. The Kier molecular flexibility index (Phi) is 3.32. The molecule has 0 spiro atoms. The molecule has 0 heterocycles. The van der Waals surface area contributed by atoms with Crippen molar-refractivity contribution in [3.63, 3.8) is 0 Å². The van der Waals surface area contributed by atoms with Crippen molar-refractivity contribution in [1.29, 1.82) is 0 Å². The summed E-state index contributed by atoms with van der Waals surface area (Å²) in [6.07, 6.45) is -3.40. The summed E-state index contributed by atoms with van der Waals surface area (Å²) in [6, 6.07) is 5.41. The van der Waals surface area contributed by atoms with Crippen LogP contribution in [-0.4, -0.2) is 11.9 Å². The zero-order valence-electron chi connectivity index (χ0n) is 9.92. The maximum atomic E-state index is 12.8. The minimum absolute atomic E-state index is 0.119. The van der Waals surface area contributed by atoms with Crippen molar-refractivity contribution >= 4 is 5.91 Å². The molecule has 2 nitrogen and oxygen atoms in total. The number of carbonyl (C=O) groups is 1. The molecule has 1 aliphatic rings. The van der Waals surface area contributed by atoms with E-state index in [1.165, 1.54) is 12.1 Å². The summed E-state index contributed by atoms with van der Waals surface area (Å²) < 4.78 is 38.4. The highest BCUT2D eigenvalue weighted by atomic mass is 19.4. The van der Waals surface area contributed by atoms with Crippen molar-refractivity contribution in [1.82, 2.24) is 5.32 Å². The van der Waals surface area contributed by atoms with Gasteiger partial charge in [0.1, 0.15) is 0 Å². The maximum absolute atomic E-state index is 12.8. The van der Waals surface area contributed by atoms with E-state index in [0.717, 1.165) is 6.07 Å². The van der Waals surface area contributed by atoms with Gasteiger partial charge in [0.05, 0.1) is 5.56 Å². The molecular weight excluding hydrogens is 243 g/mol. The van der Waals surface area contributed by atoms with Crippen LogP contribution in [-0.2, 0) is 11.0 Å². The fourth-order valence-corrected chi connectivity index (χ4v) is 2.09. The molecule has 0 radical (unpaired) electrons. The molecular formula is C13H14F3NO. The first-order chi connectivity index (χ1) is 8.43. The second-order valence-electron chi connectivity index (χ2n) is 4.45. The summed E-state index contributed by atoms with van der Waals surface area (Å²) in [4.78, 5) is 11.2. The number of benzene rings is 1. The fourth-order valence-electron chi connectivity index (χ4n) is 2.09. The largest absolute Gasteiger partial charge is 0.416 e. The van der Waals surface area contributed by atoms with Crippen molar-refractivity contribution < 1.29 is 18.0 Å². The molecule has 98 valence electrons. The Morgan fingerprint density at radius 3 is 2.67 bits per heavy atom. The van der Waals surface area contributed by atoms with Crippen molar-refractivity contribution in [2.75, 3.05) is 0 Å². The molecule has 0 unspecified atom stereocenters. The smallest absolute Gasteiger partial charge is 0.353 e. The van der Waals surface area contributed by atoms with E-state index in [0.29, 0.717) is 12.8 Å². The Labute approximate surface area is 103 Å². The van der Waals surface area contributed by atoms with E-state index in [1.54, 1.807) is 13.0 Å². The Bertz CT molecular complexity index is 456. The molecule has 1 aliphatic carbocycles. The van der Waals surface area contributed by atoms with Crippen LogP contribution in [0.1, 0.15) is 36.8 Å². The standard InChI is InChI=1S/C13H14F3NO/c1-2-12(18)17-11-7-9(11)8-5-3-4-6-10(8)13(14,15)16/h3-6,9,11H,2,7H2,1H3,(H,17,18)/t9-,11-/m1/s1. The van der Waals surface area contributed by atoms with Gasteiger partial charge in [0.15, 0.2) is 0 Å². The normalized spacial score (nSPS) is 22.7. The van der Waals surface area contributed by atoms with Gasteiger partial charge < -0.3 is 5.32 Å². The third-order valence-electron chi connectivity index (χ3n) is 3.12. The molecule has 1 fully saturated rings. The van der Waals surface area contributed by atoms with Crippen LogP contribution in [0.25, 0.3) is 0 Å². The number of hydrogen-bond acceptors (Lipinski definition) is 1. The van der Waals surface area contributed by atoms with E-state index in [9.17, 15) is 18.0 Å². The molecule has 0 aromatic heterocycles. The predicted octanol–water partition coefficient (Wildman–Crippen LogP) is 3.09.